The first-order valence-electron chi connectivity index (χ1n) is 8.35. The molecule has 0 spiro atoms. The number of halogens is 5. The molecule has 3 rings (SSSR count). The maximum absolute atomic E-state index is 13.5. The average Bonchev–Trinajstić information content (AvgIpc) is 2.68. The van der Waals surface area contributed by atoms with Crippen molar-refractivity contribution in [3.8, 4) is 11.1 Å². The lowest BCUT2D eigenvalue weighted by atomic mass is 10.0. The van der Waals surface area contributed by atoms with Crippen molar-refractivity contribution in [2.24, 2.45) is 12.8 Å². The normalized spacial score (nSPS) is 12.2. The fourth-order valence-corrected chi connectivity index (χ4v) is 2.68. The number of carbonyl (C=O) groups excluding carboxylic acids is 1. The van der Waals surface area contributed by atoms with Crippen LogP contribution in [0.3, 0.4) is 0 Å². The molecular formula is C18H14F5N5O2. The molecule has 0 aliphatic rings. The number of nitrogens with one attached hydrogen (secondary N) is 1. The number of rotatable bonds is 5. The predicted octanol–water partition coefficient (Wildman–Crippen LogP) is 2.55. The summed E-state index contributed by atoms with van der Waals surface area (Å²) in [4.78, 5) is 31.5. The Kier molecular flexibility index (Phi) is 5.18. The Morgan fingerprint density at radius 3 is 2.33 bits per heavy atom. The highest BCUT2D eigenvalue weighted by atomic mass is 19.4. The molecule has 0 atom stereocenters. The van der Waals surface area contributed by atoms with E-state index in [-0.39, 0.29) is 27.8 Å². The minimum Gasteiger partial charge on any atom is -0.364 e. The van der Waals surface area contributed by atoms with Gasteiger partial charge in [-0.25, -0.2) is 9.97 Å². The van der Waals surface area contributed by atoms with Crippen molar-refractivity contribution in [1.82, 2.24) is 14.5 Å². The molecule has 3 N–H and O–H groups in total. The Labute approximate surface area is 165 Å². The second-order valence-electron chi connectivity index (χ2n) is 6.40. The highest BCUT2D eigenvalue weighted by Gasteiger charge is 2.36. The van der Waals surface area contributed by atoms with Gasteiger partial charge >= 0.3 is 12.1 Å². The Hall–Kier alpha value is -3.57. The second-order valence-corrected chi connectivity index (χ2v) is 6.40. The molecule has 2 heterocycles. The summed E-state index contributed by atoms with van der Waals surface area (Å²) < 4.78 is 66.5. The number of hydrogen-bond donors (Lipinski definition) is 2. The third-order valence-electron chi connectivity index (χ3n) is 4.31. The van der Waals surface area contributed by atoms with E-state index in [1.807, 2.05) is 0 Å². The summed E-state index contributed by atoms with van der Waals surface area (Å²) in [6.45, 7) is -1.21. The van der Waals surface area contributed by atoms with Gasteiger partial charge in [0.2, 0.25) is 0 Å². The van der Waals surface area contributed by atoms with E-state index in [2.05, 4.69) is 21.0 Å². The highest BCUT2D eigenvalue weighted by Crippen LogP contribution is 2.33. The topological polar surface area (TPSA) is 103 Å². The van der Waals surface area contributed by atoms with Crippen molar-refractivity contribution >= 4 is 22.6 Å². The third kappa shape index (κ3) is 3.93. The lowest BCUT2D eigenvalue weighted by Crippen LogP contribution is -2.41. The van der Waals surface area contributed by atoms with Crippen LogP contribution in [0.2, 0.25) is 0 Å². The zero-order valence-corrected chi connectivity index (χ0v) is 15.3. The third-order valence-corrected chi connectivity index (χ3v) is 4.31. The van der Waals surface area contributed by atoms with E-state index in [4.69, 9.17) is 0 Å². The number of carbonyl (C=O) groups is 1. The van der Waals surface area contributed by atoms with Crippen molar-refractivity contribution in [2.45, 2.75) is 12.1 Å². The minimum absolute atomic E-state index is 0.0396. The van der Waals surface area contributed by atoms with Gasteiger partial charge in [0, 0.05) is 18.8 Å². The van der Waals surface area contributed by atoms with Crippen LogP contribution < -0.4 is 16.6 Å². The molecule has 30 heavy (non-hydrogen) atoms. The summed E-state index contributed by atoms with van der Waals surface area (Å²) in [5.41, 5.74) is 3.69. The first kappa shape index (κ1) is 21.1. The molecule has 1 amide bonds. The largest absolute Gasteiger partial charge is 0.416 e. The molecule has 0 aliphatic heterocycles. The summed E-state index contributed by atoms with van der Waals surface area (Å²) in [6, 6.07) is 4.10. The molecule has 12 heteroatoms. The van der Waals surface area contributed by atoms with Crippen LogP contribution in [0.15, 0.2) is 41.6 Å². The van der Waals surface area contributed by atoms with Gasteiger partial charge in [0.25, 0.3) is 11.5 Å². The van der Waals surface area contributed by atoms with E-state index >= 15 is 0 Å². The first-order chi connectivity index (χ1) is 13.9. The van der Waals surface area contributed by atoms with Gasteiger partial charge in [-0.1, -0.05) is 12.1 Å². The molecule has 0 saturated carbocycles. The van der Waals surface area contributed by atoms with Crippen molar-refractivity contribution in [3.05, 3.63) is 52.7 Å². The highest BCUT2D eigenvalue weighted by molar-refractivity contribution is 5.98. The average molecular weight is 427 g/mol. The van der Waals surface area contributed by atoms with Crippen LogP contribution in [0.5, 0.6) is 0 Å². The SMILES string of the molecule is Cn1cnc2c(-c3ccc(C(F)(F)F)cc3)cnc(NCC(F)(F)C(N)=O)c2c1=O. The van der Waals surface area contributed by atoms with E-state index in [1.165, 1.54) is 31.7 Å². The molecule has 1 aromatic carbocycles. The van der Waals surface area contributed by atoms with Crippen LogP contribution in [0.4, 0.5) is 27.8 Å². The van der Waals surface area contributed by atoms with Gasteiger partial charge in [-0.2, -0.15) is 22.0 Å². The number of hydrogen-bond acceptors (Lipinski definition) is 5. The Bertz CT molecular complexity index is 1170. The number of anilines is 1. The van der Waals surface area contributed by atoms with Crippen LogP contribution in [0, 0.1) is 0 Å². The molecular weight excluding hydrogens is 413 g/mol. The van der Waals surface area contributed by atoms with Gasteiger partial charge in [0.1, 0.15) is 11.2 Å². The minimum atomic E-state index is -4.52. The van der Waals surface area contributed by atoms with Crippen LogP contribution >= 0.6 is 0 Å². The summed E-state index contributed by atoms with van der Waals surface area (Å²) in [7, 11) is 1.38. The summed E-state index contributed by atoms with van der Waals surface area (Å²) in [6.07, 6.45) is -2.16. The maximum atomic E-state index is 13.5. The Balaban J connectivity index is 2.12. The summed E-state index contributed by atoms with van der Waals surface area (Å²) in [5.74, 6) is -6.02. The lowest BCUT2D eigenvalue weighted by Gasteiger charge is -2.16. The Morgan fingerprint density at radius 2 is 1.77 bits per heavy atom. The fourth-order valence-electron chi connectivity index (χ4n) is 2.68. The zero-order valence-electron chi connectivity index (χ0n) is 15.3. The van der Waals surface area contributed by atoms with Crippen molar-refractivity contribution in [2.75, 3.05) is 11.9 Å². The number of amides is 1. The van der Waals surface area contributed by atoms with Crippen molar-refractivity contribution < 1.29 is 26.7 Å². The van der Waals surface area contributed by atoms with Gasteiger partial charge in [-0.05, 0) is 17.7 Å². The van der Waals surface area contributed by atoms with Gasteiger partial charge < -0.3 is 15.6 Å². The molecule has 7 nitrogen and oxygen atoms in total. The Morgan fingerprint density at radius 1 is 1.13 bits per heavy atom. The zero-order chi connectivity index (χ0) is 22.3. The molecule has 0 radical (unpaired) electrons. The smallest absolute Gasteiger partial charge is 0.364 e. The van der Waals surface area contributed by atoms with Crippen LogP contribution in [0.1, 0.15) is 5.56 Å². The van der Waals surface area contributed by atoms with Crippen LogP contribution in [0.25, 0.3) is 22.0 Å². The number of nitrogens with two attached hydrogens (primary N) is 1. The van der Waals surface area contributed by atoms with E-state index in [1.54, 1.807) is 0 Å². The van der Waals surface area contributed by atoms with Crippen molar-refractivity contribution in [3.63, 3.8) is 0 Å². The van der Waals surface area contributed by atoms with Gasteiger partial charge in [0.05, 0.1) is 24.0 Å². The summed E-state index contributed by atoms with van der Waals surface area (Å²) >= 11 is 0. The van der Waals surface area contributed by atoms with Gasteiger partial charge in [-0.15, -0.1) is 0 Å². The molecule has 0 fully saturated rings. The fraction of sp³-hybridized carbons (Fsp3) is 0.222. The lowest BCUT2D eigenvalue weighted by molar-refractivity contribution is -0.140. The monoisotopic (exact) mass is 427 g/mol. The number of benzene rings is 1. The maximum Gasteiger partial charge on any atom is 0.416 e. The first-order valence-corrected chi connectivity index (χ1v) is 8.35. The van der Waals surface area contributed by atoms with E-state index in [9.17, 15) is 31.5 Å². The van der Waals surface area contributed by atoms with E-state index in [0.717, 1.165) is 16.7 Å². The molecule has 2 aromatic heterocycles. The molecule has 0 bridgehead atoms. The van der Waals surface area contributed by atoms with Crippen molar-refractivity contribution in [1.29, 1.82) is 0 Å². The van der Waals surface area contributed by atoms with E-state index in [0.29, 0.717) is 0 Å². The number of pyridine rings is 1. The standard InChI is InChI=1S/C18H14F5N5O2/c1-28-8-27-13-11(9-2-4-10(5-3-9)18(21,22)23)6-25-14(12(13)15(28)29)26-7-17(19,20)16(24)30/h2-6,8H,7H2,1H3,(H2,24,30)(H,25,26). The number of primary amides is 1. The predicted molar refractivity (Wildman–Crippen MR) is 97.8 cm³/mol. The van der Waals surface area contributed by atoms with Gasteiger partial charge in [0.15, 0.2) is 0 Å². The van der Waals surface area contributed by atoms with Crippen LogP contribution in [-0.4, -0.2) is 32.9 Å². The van der Waals surface area contributed by atoms with E-state index < -0.39 is 35.7 Å². The number of alkyl halides is 5. The quantitative estimate of drug-likeness (QED) is 0.610. The molecule has 158 valence electrons. The molecule has 0 saturated heterocycles. The molecule has 0 unspecified atom stereocenters. The van der Waals surface area contributed by atoms with Crippen LogP contribution in [-0.2, 0) is 18.0 Å². The van der Waals surface area contributed by atoms with Gasteiger partial charge in [-0.3, -0.25) is 9.59 Å². The summed E-state index contributed by atoms with van der Waals surface area (Å²) in [5, 5.41) is 2.05. The number of fused-ring (bicyclic) bond motifs is 1. The number of aromatic nitrogens is 3. The molecule has 0 aliphatic carbocycles. The molecule has 3 aromatic rings. The number of aryl methyl sites for hydroxylation is 1. The second kappa shape index (κ2) is 7.35. The number of nitrogens with zero attached hydrogens (tertiary/aromatic N) is 3.